The molecule has 1 aromatic carbocycles. The van der Waals surface area contributed by atoms with Crippen molar-refractivity contribution in [2.75, 3.05) is 18.5 Å². The van der Waals surface area contributed by atoms with Crippen LogP contribution in [0, 0.1) is 0 Å². The Bertz CT molecular complexity index is 852. The van der Waals surface area contributed by atoms with Crippen LogP contribution in [-0.2, 0) is 0 Å². The number of carboxylic acid groups (broad SMARTS) is 1. The number of nitrogens with one attached hydrogen (secondary N) is 1. The first kappa shape index (κ1) is 15.7. The van der Waals surface area contributed by atoms with Crippen LogP contribution in [-0.4, -0.2) is 34.2 Å². The van der Waals surface area contributed by atoms with Gasteiger partial charge in [0.25, 0.3) is 0 Å². The molecule has 0 aliphatic heterocycles. The van der Waals surface area contributed by atoms with Crippen LogP contribution in [0.25, 0.3) is 10.8 Å². The van der Waals surface area contributed by atoms with Crippen molar-refractivity contribution in [2.24, 2.45) is 0 Å². The monoisotopic (exact) mass is 323 g/mol. The highest BCUT2D eigenvalue weighted by atomic mass is 16.5. The lowest BCUT2D eigenvalue weighted by atomic mass is 10.2. The smallest absolute Gasteiger partial charge is 0.337 e. The first-order chi connectivity index (χ1) is 11.7. The zero-order valence-electron chi connectivity index (χ0n) is 13.0. The molecule has 2 aromatic heterocycles. The van der Waals surface area contributed by atoms with Crippen LogP contribution in [0.5, 0.6) is 5.75 Å². The molecular formula is C18H17N3O3. The molecule has 0 fully saturated rings. The van der Waals surface area contributed by atoms with Gasteiger partial charge in [-0.15, -0.1) is 0 Å². The van der Waals surface area contributed by atoms with Gasteiger partial charge in [0.1, 0.15) is 5.75 Å². The molecule has 0 aliphatic rings. The maximum absolute atomic E-state index is 11.1. The van der Waals surface area contributed by atoms with Crippen molar-refractivity contribution in [1.82, 2.24) is 9.97 Å². The number of aromatic carboxylic acids is 1. The van der Waals surface area contributed by atoms with Gasteiger partial charge >= 0.3 is 5.97 Å². The van der Waals surface area contributed by atoms with Gasteiger partial charge in [0, 0.05) is 30.5 Å². The van der Waals surface area contributed by atoms with Crippen LogP contribution in [0.4, 0.5) is 5.69 Å². The zero-order chi connectivity index (χ0) is 16.8. The molecule has 0 aliphatic carbocycles. The quantitative estimate of drug-likeness (QED) is 0.650. The third-order valence-corrected chi connectivity index (χ3v) is 3.57. The van der Waals surface area contributed by atoms with Crippen molar-refractivity contribution >= 4 is 22.4 Å². The Hall–Kier alpha value is -3.15. The Morgan fingerprint density at radius 2 is 1.92 bits per heavy atom. The molecule has 0 saturated carbocycles. The predicted octanol–water partition coefficient (Wildman–Crippen LogP) is 3.21. The minimum Gasteiger partial charge on any atom is -0.494 e. The van der Waals surface area contributed by atoms with E-state index in [1.165, 1.54) is 18.5 Å². The largest absolute Gasteiger partial charge is 0.494 e. The van der Waals surface area contributed by atoms with Crippen LogP contribution < -0.4 is 10.1 Å². The minimum absolute atomic E-state index is 0.217. The van der Waals surface area contributed by atoms with E-state index < -0.39 is 5.97 Å². The summed E-state index contributed by atoms with van der Waals surface area (Å²) >= 11 is 0. The molecule has 0 atom stereocenters. The molecule has 0 radical (unpaired) electrons. The molecule has 6 nitrogen and oxygen atoms in total. The summed E-state index contributed by atoms with van der Waals surface area (Å²) in [6, 6.07) is 9.30. The van der Waals surface area contributed by atoms with E-state index in [1.54, 1.807) is 6.20 Å². The number of aromatic nitrogens is 2. The SMILES string of the molecule is O=C(O)c1ccncc1NCCCOc1ccc2cnccc2c1. The van der Waals surface area contributed by atoms with E-state index in [0.717, 1.165) is 22.9 Å². The maximum atomic E-state index is 11.1. The first-order valence-electron chi connectivity index (χ1n) is 7.62. The van der Waals surface area contributed by atoms with Crippen LogP contribution in [0.15, 0.2) is 55.1 Å². The van der Waals surface area contributed by atoms with Crippen molar-refractivity contribution in [3.63, 3.8) is 0 Å². The Kier molecular flexibility index (Phi) is 4.86. The molecule has 122 valence electrons. The van der Waals surface area contributed by atoms with E-state index in [1.807, 2.05) is 30.5 Å². The second kappa shape index (κ2) is 7.41. The minimum atomic E-state index is -0.971. The Labute approximate surface area is 139 Å². The molecule has 2 heterocycles. The molecule has 0 unspecified atom stereocenters. The fourth-order valence-electron chi connectivity index (χ4n) is 2.36. The second-order valence-corrected chi connectivity index (χ2v) is 5.24. The highest BCUT2D eigenvalue weighted by Gasteiger charge is 2.08. The highest BCUT2D eigenvalue weighted by Crippen LogP contribution is 2.20. The van der Waals surface area contributed by atoms with Crippen molar-refractivity contribution in [1.29, 1.82) is 0 Å². The van der Waals surface area contributed by atoms with Gasteiger partial charge < -0.3 is 15.2 Å². The number of anilines is 1. The number of rotatable bonds is 7. The third-order valence-electron chi connectivity index (χ3n) is 3.57. The van der Waals surface area contributed by atoms with Crippen molar-refractivity contribution in [2.45, 2.75) is 6.42 Å². The molecule has 6 heteroatoms. The van der Waals surface area contributed by atoms with Crippen molar-refractivity contribution in [3.05, 3.63) is 60.7 Å². The van der Waals surface area contributed by atoms with Gasteiger partial charge in [0.05, 0.1) is 24.1 Å². The molecular weight excluding hydrogens is 306 g/mol. The molecule has 0 amide bonds. The maximum Gasteiger partial charge on any atom is 0.337 e. The highest BCUT2D eigenvalue weighted by molar-refractivity contribution is 5.93. The zero-order valence-corrected chi connectivity index (χ0v) is 13.0. The summed E-state index contributed by atoms with van der Waals surface area (Å²) in [6.07, 6.45) is 7.29. The molecule has 3 rings (SSSR count). The fourth-order valence-corrected chi connectivity index (χ4v) is 2.36. The van der Waals surface area contributed by atoms with E-state index in [-0.39, 0.29) is 5.56 Å². The van der Waals surface area contributed by atoms with Crippen LogP contribution in [0.1, 0.15) is 16.8 Å². The summed E-state index contributed by atoms with van der Waals surface area (Å²) in [7, 11) is 0. The summed E-state index contributed by atoms with van der Waals surface area (Å²) in [5.74, 6) is -0.164. The summed E-state index contributed by atoms with van der Waals surface area (Å²) in [6.45, 7) is 1.13. The van der Waals surface area contributed by atoms with Crippen LogP contribution >= 0.6 is 0 Å². The van der Waals surface area contributed by atoms with Crippen LogP contribution in [0.3, 0.4) is 0 Å². The molecule has 3 aromatic rings. The van der Waals surface area contributed by atoms with Gasteiger partial charge in [-0.25, -0.2) is 4.79 Å². The van der Waals surface area contributed by atoms with Gasteiger partial charge in [-0.1, -0.05) is 0 Å². The summed E-state index contributed by atoms with van der Waals surface area (Å²) in [5, 5.41) is 14.3. The van der Waals surface area contributed by atoms with E-state index in [0.29, 0.717) is 18.8 Å². The molecule has 0 spiro atoms. The normalized spacial score (nSPS) is 10.5. The Morgan fingerprint density at radius 3 is 2.79 bits per heavy atom. The fraction of sp³-hybridized carbons (Fsp3) is 0.167. The van der Waals surface area contributed by atoms with E-state index >= 15 is 0 Å². The Morgan fingerprint density at radius 1 is 1.08 bits per heavy atom. The molecule has 0 saturated heterocycles. The summed E-state index contributed by atoms with van der Waals surface area (Å²) in [4.78, 5) is 19.1. The number of carbonyl (C=O) groups is 1. The number of nitrogens with zero attached hydrogens (tertiary/aromatic N) is 2. The summed E-state index contributed by atoms with van der Waals surface area (Å²) in [5.41, 5.74) is 0.734. The topological polar surface area (TPSA) is 84.3 Å². The number of ether oxygens (including phenoxy) is 1. The molecule has 0 bridgehead atoms. The van der Waals surface area contributed by atoms with Crippen molar-refractivity contribution in [3.8, 4) is 5.75 Å². The lowest BCUT2D eigenvalue weighted by Crippen LogP contribution is -2.10. The third kappa shape index (κ3) is 3.78. The van der Waals surface area contributed by atoms with E-state index in [9.17, 15) is 4.79 Å². The number of pyridine rings is 2. The van der Waals surface area contributed by atoms with Gasteiger partial charge in [0.2, 0.25) is 0 Å². The van der Waals surface area contributed by atoms with Gasteiger partial charge in [0.15, 0.2) is 0 Å². The number of hydrogen-bond acceptors (Lipinski definition) is 5. The van der Waals surface area contributed by atoms with E-state index in [2.05, 4.69) is 15.3 Å². The number of carboxylic acids is 1. The van der Waals surface area contributed by atoms with Crippen LogP contribution in [0.2, 0.25) is 0 Å². The van der Waals surface area contributed by atoms with Gasteiger partial charge in [-0.2, -0.15) is 0 Å². The van der Waals surface area contributed by atoms with E-state index in [4.69, 9.17) is 9.84 Å². The predicted molar refractivity (Wildman–Crippen MR) is 91.5 cm³/mol. The first-order valence-corrected chi connectivity index (χ1v) is 7.62. The van der Waals surface area contributed by atoms with Gasteiger partial charge in [-0.05, 0) is 42.1 Å². The second-order valence-electron chi connectivity index (χ2n) is 5.24. The lowest BCUT2D eigenvalue weighted by Gasteiger charge is -2.10. The standard InChI is InChI=1S/C18H17N3O3/c22-18(23)16-5-8-20-12-17(16)21-6-1-9-24-15-3-2-14-11-19-7-4-13(14)10-15/h2-5,7-8,10-12,21H,1,6,9H2,(H,22,23). The molecule has 24 heavy (non-hydrogen) atoms. The average molecular weight is 323 g/mol. The number of fused-ring (bicyclic) bond motifs is 1. The number of hydrogen-bond donors (Lipinski definition) is 2. The molecule has 2 N–H and O–H groups in total. The number of benzene rings is 1. The Balaban J connectivity index is 1.49. The average Bonchev–Trinajstić information content (AvgIpc) is 2.61. The lowest BCUT2D eigenvalue weighted by molar-refractivity contribution is 0.0698. The summed E-state index contributed by atoms with van der Waals surface area (Å²) < 4.78 is 5.74. The van der Waals surface area contributed by atoms with Crippen molar-refractivity contribution < 1.29 is 14.6 Å². The van der Waals surface area contributed by atoms with Gasteiger partial charge in [-0.3, -0.25) is 9.97 Å².